The van der Waals surface area contributed by atoms with Crippen LogP contribution in [0.25, 0.3) is 0 Å². The Labute approximate surface area is 125 Å². The third-order valence-corrected chi connectivity index (χ3v) is 3.51. The molecule has 19 heavy (non-hydrogen) atoms. The number of carbonyl (C=O) groups excluding carboxylic acids is 1. The van der Waals surface area contributed by atoms with Crippen molar-refractivity contribution in [2.75, 3.05) is 6.61 Å². The smallest absolute Gasteiger partial charge is 0.446 e. The Morgan fingerprint density at radius 1 is 1.53 bits per heavy atom. The lowest BCUT2D eigenvalue weighted by Crippen LogP contribution is -2.11. The van der Waals surface area contributed by atoms with E-state index in [2.05, 4.69) is 0 Å². The van der Waals surface area contributed by atoms with Crippen LogP contribution in [0.5, 0.6) is 0 Å². The van der Waals surface area contributed by atoms with Gasteiger partial charge >= 0.3 is 11.5 Å². The molecule has 0 radical (unpaired) electrons. The van der Waals surface area contributed by atoms with E-state index in [9.17, 15) is 18.0 Å². The van der Waals surface area contributed by atoms with Crippen molar-refractivity contribution < 1.29 is 22.7 Å². The highest BCUT2D eigenvalue weighted by molar-refractivity contribution is 14.1. The van der Waals surface area contributed by atoms with E-state index in [1.807, 2.05) is 0 Å². The predicted molar refractivity (Wildman–Crippen MR) is 71.7 cm³/mol. The molecule has 102 valence electrons. The van der Waals surface area contributed by atoms with Crippen molar-refractivity contribution >= 4 is 40.3 Å². The lowest BCUT2D eigenvalue weighted by Gasteiger charge is -2.12. The molecule has 3 nitrogen and oxygen atoms in total. The molecule has 1 aromatic carbocycles. The number of hydrogen-bond acceptors (Lipinski definition) is 4. The Balaban J connectivity index is 3.34. The van der Waals surface area contributed by atoms with Crippen LogP contribution in [-0.2, 0) is 4.74 Å². The molecular weight excluding hydrogens is 394 g/mol. The Morgan fingerprint density at radius 2 is 2.16 bits per heavy atom. The van der Waals surface area contributed by atoms with Gasteiger partial charge in [0, 0.05) is 8.47 Å². The van der Waals surface area contributed by atoms with Crippen LogP contribution in [0.1, 0.15) is 22.8 Å². The average molecular weight is 401 g/mol. The van der Waals surface area contributed by atoms with Gasteiger partial charge in [-0.3, -0.25) is 0 Å². The number of thioether (sulfide) groups is 1. The maximum Gasteiger partial charge on any atom is 0.446 e. The van der Waals surface area contributed by atoms with E-state index in [-0.39, 0.29) is 26.2 Å². The number of nitriles is 1. The van der Waals surface area contributed by atoms with Crippen LogP contribution < -0.4 is 0 Å². The van der Waals surface area contributed by atoms with Gasteiger partial charge in [-0.05, 0) is 53.4 Å². The van der Waals surface area contributed by atoms with Crippen LogP contribution >= 0.6 is 34.4 Å². The fourth-order valence-electron chi connectivity index (χ4n) is 1.25. The van der Waals surface area contributed by atoms with Crippen molar-refractivity contribution in [2.45, 2.75) is 17.3 Å². The first-order valence-corrected chi connectivity index (χ1v) is 6.84. The van der Waals surface area contributed by atoms with E-state index in [1.165, 1.54) is 6.07 Å². The molecule has 0 atom stereocenters. The fraction of sp³-hybridized carbons (Fsp3) is 0.273. The number of ether oxygens (including phenoxy) is 1. The second kappa shape index (κ2) is 6.47. The van der Waals surface area contributed by atoms with Gasteiger partial charge in [-0.15, -0.1) is 0 Å². The molecule has 0 N–H and O–H groups in total. The predicted octanol–water partition coefficient (Wildman–Crippen LogP) is 3.95. The number of hydrogen-bond donors (Lipinski definition) is 0. The summed E-state index contributed by atoms with van der Waals surface area (Å²) in [6, 6.07) is 4.13. The summed E-state index contributed by atoms with van der Waals surface area (Å²) in [7, 11) is 0. The highest BCUT2D eigenvalue weighted by Gasteiger charge is 2.32. The number of halogens is 4. The number of benzene rings is 1. The summed E-state index contributed by atoms with van der Waals surface area (Å²) in [5, 5.41) is 8.76. The van der Waals surface area contributed by atoms with Crippen molar-refractivity contribution in [3.05, 3.63) is 26.8 Å². The molecular formula is C11H7F3INO2S. The van der Waals surface area contributed by atoms with E-state index in [0.717, 1.165) is 6.07 Å². The van der Waals surface area contributed by atoms with E-state index >= 15 is 0 Å². The monoisotopic (exact) mass is 401 g/mol. The molecule has 0 spiro atoms. The molecule has 0 fully saturated rings. The van der Waals surface area contributed by atoms with Gasteiger partial charge in [0.15, 0.2) is 0 Å². The molecule has 8 heteroatoms. The second-order valence-electron chi connectivity index (χ2n) is 3.21. The maximum atomic E-state index is 12.5. The quantitative estimate of drug-likeness (QED) is 0.437. The van der Waals surface area contributed by atoms with E-state index in [1.54, 1.807) is 35.6 Å². The third-order valence-electron chi connectivity index (χ3n) is 1.89. The molecule has 0 aromatic heterocycles. The van der Waals surface area contributed by atoms with Crippen molar-refractivity contribution in [2.24, 2.45) is 0 Å². The van der Waals surface area contributed by atoms with Gasteiger partial charge in [0.2, 0.25) is 0 Å². The Bertz CT molecular complexity index is 540. The Kier molecular flexibility index (Phi) is 5.49. The lowest BCUT2D eigenvalue weighted by atomic mass is 10.1. The first-order chi connectivity index (χ1) is 8.78. The molecule has 0 heterocycles. The molecule has 0 saturated carbocycles. The molecule has 0 amide bonds. The highest BCUT2D eigenvalue weighted by atomic mass is 127. The average Bonchev–Trinajstić information content (AvgIpc) is 2.26. The number of rotatable bonds is 3. The Hall–Kier alpha value is -0.950. The minimum Gasteiger partial charge on any atom is -0.462 e. The van der Waals surface area contributed by atoms with Crippen LogP contribution in [0.3, 0.4) is 0 Å². The molecule has 0 unspecified atom stereocenters. The van der Waals surface area contributed by atoms with Gasteiger partial charge in [-0.1, -0.05) is 0 Å². The van der Waals surface area contributed by atoms with Gasteiger partial charge in [0.1, 0.15) is 0 Å². The zero-order valence-corrected chi connectivity index (χ0v) is 12.5. The number of esters is 1. The zero-order chi connectivity index (χ0) is 14.6. The minimum atomic E-state index is -4.54. The normalized spacial score (nSPS) is 10.9. The van der Waals surface area contributed by atoms with Crippen molar-refractivity contribution in [3.8, 4) is 6.07 Å². The summed E-state index contributed by atoms with van der Waals surface area (Å²) >= 11 is 1.28. The SMILES string of the molecule is CCOC(=O)c1c(I)cc(C#N)cc1SC(F)(F)F. The molecule has 0 aliphatic rings. The summed E-state index contributed by atoms with van der Waals surface area (Å²) in [5.74, 6) is -0.830. The Morgan fingerprint density at radius 3 is 2.63 bits per heavy atom. The molecule has 1 rings (SSSR count). The van der Waals surface area contributed by atoms with Gasteiger partial charge < -0.3 is 4.74 Å². The summed E-state index contributed by atoms with van der Waals surface area (Å²) in [6.07, 6.45) is 0. The first-order valence-electron chi connectivity index (χ1n) is 4.95. The lowest BCUT2D eigenvalue weighted by molar-refractivity contribution is -0.0328. The summed E-state index contributed by atoms with van der Waals surface area (Å²) in [6.45, 7) is 1.62. The number of nitrogens with zero attached hydrogens (tertiary/aromatic N) is 1. The first kappa shape index (κ1) is 16.1. The van der Waals surface area contributed by atoms with Crippen molar-refractivity contribution in [3.63, 3.8) is 0 Å². The summed E-state index contributed by atoms with van der Waals surface area (Å²) < 4.78 is 42.4. The summed E-state index contributed by atoms with van der Waals surface area (Å²) in [5.41, 5.74) is -4.65. The van der Waals surface area contributed by atoms with Crippen LogP contribution in [0.4, 0.5) is 13.2 Å². The van der Waals surface area contributed by atoms with Gasteiger partial charge in [0.25, 0.3) is 0 Å². The topological polar surface area (TPSA) is 50.1 Å². The number of carbonyl (C=O) groups is 1. The summed E-state index contributed by atoms with van der Waals surface area (Å²) in [4.78, 5) is 11.4. The van der Waals surface area contributed by atoms with Crippen LogP contribution in [0.2, 0.25) is 0 Å². The van der Waals surface area contributed by atoms with Gasteiger partial charge in [-0.2, -0.15) is 18.4 Å². The van der Waals surface area contributed by atoms with E-state index < -0.39 is 23.2 Å². The van der Waals surface area contributed by atoms with E-state index in [0.29, 0.717) is 0 Å². The standard InChI is InChI=1S/C11H7F3INO2S/c1-2-18-10(17)9-7(15)3-6(5-16)4-8(9)19-11(12,13)14/h3-4H,2H2,1H3. The van der Waals surface area contributed by atoms with Gasteiger partial charge in [-0.25, -0.2) is 4.79 Å². The fourth-order valence-corrected chi connectivity index (χ4v) is 3.01. The largest absolute Gasteiger partial charge is 0.462 e. The molecule has 0 aliphatic heterocycles. The van der Waals surface area contributed by atoms with Crippen LogP contribution in [0, 0.1) is 14.9 Å². The van der Waals surface area contributed by atoms with Crippen molar-refractivity contribution in [1.29, 1.82) is 5.26 Å². The van der Waals surface area contributed by atoms with Crippen LogP contribution in [-0.4, -0.2) is 18.1 Å². The third kappa shape index (κ3) is 4.58. The van der Waals surface area contributed by atoms with E-state index in [4.69, 9.17) is 10.00 Å². The second-order valence-corrected chi connectivity index (χ2v) is 5.48. The van der Waals surface area contributed by atoms with Crippen LogP contribution in [0.15, 0.2) is 17.0 Å². The molecule has 0 bridgehead atoms. The minimum absolute atomic E-state index is 0.0594. The zero-order valence-electron chi connectivity index (χ0n) is 9.55. The maximum absolute atomic E-state index is 12.5. The van der Waals surface area contributed by atoms with Crippen molar-refractivity contribution in [1.82, 2.24) is 0 Å². The molecule has 0 aliphatic carbocycles. The number of alkyl halides is 3. The van der Waals surface area contributed by atoms with Gasteiger partial charge in [0.05, 0.1) is 23.8 Å². The molecule has 1 aromatic rings. The molecule has 0 saturated heterocycles. The highest BCUT2D eigenvalue weighted by Crippen LogP contribution is 2.40.